The molecule has 0 atom stereocenters. The first kappa shape index (κ1) is 39.2. The summed E-state index contributed by atoms with van der Waals surface area (Å²) in [4.78, 5) is 15.1. The van der Waals surface area contributed by atoms with E-state index in [9.17, 15) is 26.3 Å². The van der Waals surface area contributed by atoms with Crippen LogP contribution in [-0.2, 0) is 0 Å². The van der Waals surface area contributed by atoms with E-state index in [4.69, 9.17) is 15.0 Å². The van der Waals surface area contributed by atoms with Gasteiger partial charge in [-0.25, -0.2) is 15.0 Å². The number of rotatable bonds is 7. The van der Waals surface area contributed by atoms with Gasteiger partial charge in [0.15, 0.2) is 17.5 Å². The van der Waals surface area contributed by atoms with E-state index in [0.717, 1.165) is 44.1 Å². The summed E-state index contributed by atoms with van der Waals surface area (Å²) < 4.78 is 2.15. The van der Waals surface area contributed by atoms with Gasteiger partial charge in [-0.1, -0.05) is 103 Å². The van der Waals surface area contributed by atoms with Crippen LogP contribution in [0.2, 0.25) is 0 Å². The van der Waals surface area contributed by atoms with Gasteiger partial charge >= 0.3 is 0 Å². The van der Waals surface area contributed by atoms with Crippen molar-refractivity contribution < 1.29 is 0 Å². The average molecular weight is 828 g/mol. The third-order valence-corrected chi connectivity index (χ3v) is 11.3. The van der Waals surface area contributed by atoms with Gasteiger partial charge in [-0.2, -0.15) is 26.3 Å². The van der Waals surface area contributed by atoms with Gasteiger partial charge in [-0.05, 0) is 95.1 Å². The average Bonchev–Trinajstić information content (AvgIpc) is 3.71. The topological polar surface area (TPSA) is 163 Å². The zero-order chi connectivity index (χ0) is 44.4. The van der Waals surface area contributed by atoms with Gasteiger partial charge in [-0.15, -0.1) is 0 Å². The first-order valence-electron chi connectivity index (χ1n) is 20.5. The molecule has 0 radical (unpaired) electrons. The highest BCUT2D eigenvalue weighted by Crippen LogP contribution is 2.45. The lowest BCUT2D eigenvalue weighted by Gasteiger charge is -2.21. The minimum atomic E-state index is 0.288. The van der Waals surface area contributed by atoms with E-state index in [1.165, 1.54) is 0 Å². The minimum absolute atomic E-state index is 0.288. The number of fused-ring (bicyclic) bond motifs is 3. The molecule has 65 heavy (non-hydrogen) atoms. The molecule has 0 unspecified atom stereocenters. The second-order valence-corrected chi connectivity index (χ2v) is 15.2. The van der Waals surface area contributed by atoms with E-state index in [0.29, 0.717) is 56.5 Å². The molecule has 0 bridgehead atoms. The Morgan fingerprint density at radius 2 is 0.785 bits per heavy atom. The molecule has 0 aliphatic carbocycles. The van der Waals surface area contributed by atoms with Gasteiger partial charge in [0, 0.05) is 38.6 Å². The molecule has 0 saturated carbocycles. The van der Waals surface area contributed by atoms with E-state index >= 15 is 0 Å². The summed E-state index contributed by atoms with van der Waals surface area (Å²) in [6, 6.07) is 66.3. The van der Waals surface area contributed by atoms with Crippen LogP contribution in [0.25, 0.3) is 95.0 Å². The highest BCUT2D eigenvalue weighted by atomic mass is 15.0. The van der Waals surface area contributed by atoms with Crippen molar-refractivity contribution in [2.75, 3.05) is 0 Å². The first-order valence-corrected chi connectivity index (χ1v) is 20.5. The van der Waals surface area contributed by atoms with Crippen molar-refractivity contribution in [1.82, 2.24) is 19.5 Å². The van der Waals surface area contributed by atoms with E-state index in [2.05, 4.69) is 47.0 Å². The molecule has 10 rings (SSSR count). The van der Waals surface area contributed by atoms with Crippen LogP contribution in [0.3, 0.4) is 0 Å². The zero-order valence-corrected chi connectivity index (χ0v) is 34.3. The number of aromatic nitrogens is 4. The molecule has 0 saturated heterocycles. The summed E-state index contributed by atoms with van der Waals surface area (Å²) in [5.41, 5.74) is 10.2. The molecule has 0 fully saturated rings. The van der Waals surface area contributed by atoms with Crippen molar-refractivity contribution in [3.63, 3.8) is 0 Å². The first-order chi connectivity index (χ1) is 32.0. The number of hydrogen-bond acceptors (Lipinski definition) is 8. The normalized spacial score (nSPS) is 10.7. The summed E-state index contributed by atoms with van der Waals surface area (Å²) in [7, 11) is 0. The Bertz CT molecular complexity index is 3560. The lowest BCUT2D eigenvalue weighted by Crippen LogP contribution is -2.04. The number of nitrogens with zero attached hydrogens (tertiary/aromatic N) is 9. The Morgan fingerprint density at radius 1 is 0.323 bits per heavy atom. The van der Waals surface area contributed by atoms with E-state index < -0.39 is 0 Å². The fraction of sp³-hybridized carbons (Fsp3) is 0. The van der Waals surface area contributed by atoms with Crippen LogP contribution in [0.15, 0.2) is 176 Å². The maximum absolute atomic E-state index is 10.3. The largest absolute Gasteiger partial charge is 0.308 e. The molecule has 298 valence electrons. The maximum atomic E-state index is 10.3. The molecular weight excluding hydrogens is 799 g/mol. The van der Waals surface area contributed by atoms with Gasteiger partial charge in [0.2, 0.25) is 0 Å². The summed E-state index contributed by atoms with van der Waals surface area (Å²) >= 11 is 0. The molecule has 0 amide bonds. The van der Waals surface area contributed by atoms with Crippen LogP contribution in [0.4, 0.5) is 0 Å². The van der Waals surface area contributed by atoms with Gasteiger partial charge in [0.1, 0.15) is 0 Å². The molecule has 0 spiro atoms. The van der Waals surface area contributed by atoms with Crippen LogP contribution in [0.1, 0.15) is 27.8 Å². The summed E-state index contributed by atoms with van der Waals surface area (Å²) in [6.45, 7) is 0. The van der Waals surface area contributed by atoms with Crippen LogP contribution in [0, 0.1) is 56.7 Å². The van der Waals surface area contributed by atoms with Gasteiger partial charge < -0.3 is 4.57 Å². The predicted octanol–water partition coefficient (Wildman–Crippen LogP) is 12.3. The molecule has 8 aromatic carbocycles. The lowest BCUT2D eigenvalue weighted by atomic mass is 9.90. The van der Waals surface area contributed by atoms with Crippen molar-refractivity contribution in [2.24, 2.45) is 0 Å². The molecular formula is C56H29N9. The third-order valence-electron chi connectivity index (χ3n) is 11.3. The Balaban J connectivity index is 1.37. The van der Waals surface area contributed by atoms with Gasteiger partial charge in [-0.3, -0.25) is 0 Å². The lowest BCUT2D eigenvalue weighted by molar-refractivity contribution is 1.07. The molecule has 0 aliphatic heterocycles. The Morgan fingerprint density at radius 3 is 1.31 bits per heavy atom. The van der Waals surface area contributed by atoms with Crippen LogP contribution < -0.4 is 0 Å². The molecule has 2 heterocycles. The SMILES string of the molecule is N#Cc1cc(C#N)cc(-c2cc(-c3nc(-c4ccccc4)nc(-c4ccccc4)n3)cc(-c3cc(C#N)cc(C#N)c3)c2-n2c3ccccc3c3cc(-c4ccccc4C#N)ccc32)c1. The van der Waals surface area contributed by atoms with Crippen molar-refractivity contribution in [2.45, 2.75) is 0 Å². The highest BCUT2D eigenvalue weighted by molar-refractivity contribution is 6.12. The fourth-order valence-corrected chi connectivity index (χ4v) is 8.42. The van der Waals surface area contributed by atoms with E-state index in [-0.39, 0.29) is 22.3 Å². The monoisotopic (exact) mass is 827 g/mol. The molecule has 2 aromatic heterocycles. The summed E-state index contributed by atoms with van der Waals surface area (Å²) in [6.07, 6.45) is 0. The predicted molar refractivity (Wildman–Crippen MR) is 250 cm³/mol. The zero-order valence-electron chi connectivity index (χ0n) is 34.3. The number of benzene rings is 8. The van der Waals surface area contributed by atoms with Crippen LogP contribution in [0.5, 0.6) is 0 Å². The minimum Gasteiger partial charge on any atom is -0.308 e. The standard InChI is InChI=1S/C56H29N9/c57-30-35-21-36(31-58)24-43(23-35)48-28-45(56-63-54(39-11-3-1-4-12-39)62-55(64-56)40-13-5-2-6-14-40)29-49(44-25-37(32-59)22-38(26-44)33-60)53(48)65-51-18-10-9-17-47(51)50-27-41(19-20-52(50)65)46-16-8-7-15-42(46)34-61/h1-29H. The molecule has 9 heteroatoms. The number of para-hydroxylation sites is 1. The molecule has 9 nitrogen and oxygen atoms in total. The second kappa shape index (κ2) is 16.5. The molecule has 0 aliphatic rings. The smallest absolute Gasteiger partial charge is 0.164 e. The Kier molecular flexibility index (Phi) is 9.93. The van der Waals surface area contributed by atoms with E-state index in [1.807, 2.05) is 121 Å². The Labute approximate surface area is 373 Å². The molecule has 10 aromatic rings. The quantitative estimate of drug-likeness (QED) is 0.153. The number of hydrogen-bond donors (Lipinski definition) is 0. The maximum Gasteiger partial charge on any atom is 0.164 e. The van der Waals surface area contributed by atoms with Crippen molar-refractivity contribution in [3.8, 4) is 104 Å². The molecule has 0 N–H and O–H groups in total. The van der Waals surface area contributed by atoms with Crippen molar-refractivity contribution in [3.05, 3.63) is 204 Å². The highest BCUT2D eigenvalue weighted by Gasteiger charge is 2.25. The third kappa shape index (κ3) is 7.15. The number of nitriles is 5. The Hall–Kier alpha value is -9.98. The van der Waals surface area contributed by atoms with E-state index in [1.54, 1.807) is 42.5 Å². The van der Waals surface area contributed by atoms with Crippen LogP contribution in [-0.4, -0.2) is 19.5 Å². The van der Waals surface area contributed by atoms with Gasteiger partial charge in [0.25, 0.3) is 0 Å². The van der Waals surface area contributed by atoms with Gasteiger partial charge in [0.05, 0.1) is 74.9 Å². The van der Waals surface area contributed by atoms with Crippen molar-refractivity contribution >= 4 is 21.8 Å². The summed E-state index contributed by atoms with van der Waals surface area (Å²) in [5.74, 6) is 1.26. The van der Waals surface area contributed by atoms with Crippen molar-refractivity contribution in [1.29, 1.82) is 26.3 Å². The second-order valence-electron chi connectivity index (χ2n) is 15.2. The van der Waals surface area contributed by atoms with Crippen LogP contribution >= 0.6 is 0 Å². The summed E-state index contributed by atoms with van der Waals surface area (Å²) in [5, 5.41) is 53.1. The fourth-order valence-electron chi connectivity index (χ4n) is 8.42.